The van der Waals surface area contributed by atoms with E-state index in [1.165, 1.54) is 0 Å². The van der Waals surface area contributed by atoms with Crippen molar-refractivity contribution in [2.75, 3.05) is 18.5 Å². The minimum absolute atomic E-state index is 0.474. The van der Waals surface area contributed by atoms with Crippen molar-refractivity contribution in [1.29, 1.82) is 5.26 Å². The van der Waals surface area contributed by atoms with Crippen molar-refractivity contribution in [3.63, 3.8) is 0 Å². The number of rotatable bonds is 2. The van der Waals surface area contributed by atoms with Crippen LogP contribution in [0.5, 0.6) is 0 Å². The molecule has 0 radical (unpaired) electrons. The van der Waals surface area contributed by atoms with Crippen LogP contribution in [0.25, 0.3) is 0 Å². The summed E-state index contributed by atoms with van der Waals surface area (Å²) in [5, 5.41) is 8.65. The molecule has 1 rings (SSSR count). The Bertz CT molecular complexity index is 386. The zero-order chi connectivity index (χ0) is 11.3. The monoisotopic (exact) mass is 202 g/mol. The first-order valence-corrected chi connectivity index (χ1v) is 4.73. The van der Waals surface area contributed by atoms with E-state index in [-0.39, 0.29) is 0 Å². The van der Waals surface area contributed by atoms with E-state index in [4.69, 9.17) is 11.0 Å². The van der Waals surface area contributed by atoms with Crippen molar-refractivity contribution in [3.05, 3.63) is 29.8 Å². The number of nitriles is 1. The lowest BCUT2D eigenvalue weighted by Gasteiger charge is -2.17. The minimum atomic E-state index is 0.474. The van der Waals surface area contributed by atoms with Crippen LogP contribution in [0.15, 0.2) is 29.3 Å². The highest BCUT2D eigenvalue weighted by atomic mass is 15.2. The van der Waals surface area contributed by atoms with E-state index in [2.05, 4.69) is 11.1 Å². The summed E-state index contributed by atoms with van der Waals surface area (Å²) in [4.78, 5) is 5.88. The number of guanidine groups is 1. The smallest absolute Gasteiger partial charge is 0.195 e. The van der Waals surface area contributed by atoms with Gasteiger partial charge in [0.1, 0.15) is 0 Å². The van der Waals surface area contributed by atoms with Crippen LogP contribution < -0.4 is 10.6 Å². The average molecular weight is 202 g/mol. The number of anilines is 1. The van der Waals surface area contributed by atoms with Crippen LogP contribution in [0.2, 0.25) is 0 Å². The van der Waals surface area contributed by atoms with Crippen LogP contribution in [0.4, 0.5) is 5.69 Å². The quantitative estimate of drug-likeness (QED) is 0.581. The van der Waals surface area contributed by atoms with E-state index in [9.17, 15) is 0 Å². The molecule has 0 aliphatic heterocycles. The first-order chi connectivity index (χ1) is 7.19. The van der Waals surface area contributed by atoms with Gasteiger partial charge in [-0.2, -0.15) is 5.26 Å². The second-order valence-electron chi connectivity index (χ2n) is 3.05. The Morgan fingerprint density at radius 3 is 2.53 bits per heavy atom. The molecule has 4 nitrogen and oxygen atoms in total. The predicted molar refractivity (Wildman–Crippen MR) is 61.7 cm³/mol. The number of hydrogen-bond donors (Lipinski definition) is 1. The molecule has 0 aromatic heterocycles. The fraction of sp³-hybridized carbons (Fsp3) is 0.273. The molecule has 0 amide bonds. The lowest BCUT2D eigenvalue weighted by Crippen LogP contribution is -2.33. The Balaban J connectivity index is 2.88. The average Bonchev–Trinajstić information content (AvgIpc) is 2.28. The molecule has 0 heterocycles. The molecule has 1 aromatic carbocycles. The van der Waals surface area contributed by atoms with Gasteiger partial charge in [0.05, 0.1) is 11.6 Å². The third-order valence-electron chi connectivity index (χ3n) is 2.05. The van der Waals surface area contributed by atoms with Crippen LogP contribution in [-0.2, 0) is 0 Å². The highest BCUT2D eigenvalue weighted by Crippen LogP contribution is 2.12. The van der Waals surface area contributed by atoms with Crippen molar-refractivity contribution in [3.8, 4) is 6.07 Å². The molecule has 0 unspecified atom stereocenters. The third-order valence-corrected chi connectivity index (χ3v) is 2.05. The zero-order valence-electron chi connectivity index (χ0n) is 8.94. The van der Waals surface area contributed by atoms with Gasteiger partial charge in [-0.3, -0.25) is 4.99 Å². The van der Waals surface area contributed by atoms with Crippen molar-refractivity contribution in [2.45, 2.75) is 6.92 Å². The topological polar surface area (TPSA) is 65.4 Å². The highest BCUT2D eigenvalue weighted by Gasteiger charge is 2.03. The molecule has 0 aliphatic rings. The van der Waals surface area contributed by atoms with Gasteiger partial charge >= 0.3 is 0 Å². The van der Waals surface area contributed by atoms with Crippen molar-refractivity contribution in [1.82, 2.24) is 0 Å². The maximum Gasteiger partial charge on any atom is 0.195 e. The third kappa shape index (κ3) is 2.71. The number of hydrogen-bond acceptors (Lipinski definition) is 2. The predicted octanol–water partition coefficient (Wildman–Crippen LogP) is 1.33. The van der Waals surface area contributed by atoms with Crippen molar-refractivity contribution in [2.24, 2.45) is 10.7 Å². The zero-order valence-corrected chi connectivity index (χ0v) is 8.94. The van der Waals surface area contributed by atoms with Crippen LogP contribution in [0, 0.1) is 11.3 Å². The summed E-state index contributed by atoms with van der Waals surface area (Å²) in [6.07, 6.45) is 0. The van der Waals surface area contributed by atoms with Gasteiger partial charge in [0.15, 0.2) is 5.96 Å². The van der Waals surface area contributed by atoms with Gasteiger partial charge in [0.25, 0.3) is 0 Å². The van der Waals surface area contributed by atoms with E-state index in [1.54, 1.807) is 17.0 Å². The van der Waals surface area contributed by atoms with E-state index in [0.29, 0.717) is 18.1 Å². The Morgan fingerprint density at radius 2 is 2.07 bits per heavy atom. The lowest BCUT2D eigenvalue weighted by atomic mass is 10.2. The molecular formula is C11H14N4. The highest BCUT2D eigenvalue weighted by molar-refractivity contribution is 5.94. The fourth-order valence-electron chi connectivity index (χ4n) is 1.16. The summed E-state index contributed by atoms with van der Waals surface area (Å²) >= 11 is 0. The Morgan fingerprint density at radius 1 is 1.47 bits per heavy atom. The Labute approximate surface area is 89.6 Å². The molecule has 1 aromatic rings. The van der Waals surface area contributed by atoms with Crippen LogP contribution >= 0.6 is 0 Å². The largest absolute Gasteiger partial charge is 0.370 e. The molecule has 0 bridgehead atoms. The maximum atomic E-state index is 8.65. The Hall–Kier alpha value is -2.02. The molecule has 78 valence electrons. The molecule has 0 atom stereocenters. The summed E-state index contributed by atoms with van der Waals surface area (Å²) in [5.74, 6) is 0.474. The summed E-state index contributed by atoms with van der Waals surface area (Å²) in [6.45, 7) is 2.59. The van der Waals surface area contributed by atoms with Crippen LogP contribution in [-0.4, -0.2) is 19.6 Å². The van der Waals surface area contributed by atoms with E-state index in [0.717, 1.165) is 5.69 Å². The number of nitrogens with two attached hydrogens (primary N) is 1. The molecule has 15 heavy (non-hydrogen) atoms. The number of aliphatic imine (C=N–C) groups is 1. The molecule has 0 fully saturated rings. The summed E-state index contributed by atoms with van der Waals surface area (Å²) in [5.41, 5.74) is 7.30. The molecule has 0 aliphatic carbocycles. The fourth-order valence-corrected chi connectivity index (χ4v) is 1.16. The van der Waals surface area contributed by atoms with Gasteiger partial charge in [0.2, 0.25) is 0 Å². The SMILES string of the molecule is CCN=C(N)N(C)c1ccc(C#N)cc1. The van der Waals surface area contributed by atoms with Gasteiger partial charge in [-0.05, 0) is 31.2 Å². The molecule has 0 spiro atoms. The first-order valence-electron chi connectivity index (χ1n) is 4.73. The second-order valence-corrected chi connectivity index (χ2v) is 3.05. The van der Waals surface area contributed by atoms with E-state index >= 15 is 0 Å². The second kappa shape index (κ2) is 5.01. The summed E-state index contributed by atoms with van der Waals surface area (Å²) in [7, 11) is 1.84. The van der Waals surface area contributed by atoms with Gasteiger partial charge < -0.3 is 10.6 Å². The Kier molecular flexibility index (Phi) is 3.69. The van der Waals surface area contributed by atoms with Crippen LogP contribution in [0.1, 0.15) is 12.5 Å². The normalized spacial score (nSPS) is 10.9. The van der Waals surface area contributed by atoms with Gasteiger partial charge in [-0.25, -0.2) is 0 Å². The van der Waals surface area contributed by atoms with Gasteiger partial charge in [-0.15, -0.1) is 0 Å². The molecule has 2 N–H and O–H groups in total. The van der Waals surface area contributed by atoms with E-state index in [1.807, 2.05) is 26.1 Å². The number of nitrogens with zero attached hydrogens (tertiary/aromatic N) is 3. The van der Waals surface area contributed by atoms with E-state index < -0.39 is 0 Å². The van der Waals surface area contributed by atoms with Gasteiger partial charge in [-0.1, -0.05) is 0 Å². The summed E-state index contributed by atoms with van der Waals surface area (Å²) in [6, 6.07) is 9.27. The standard InChI is InChI=1S/C11H14N4/c1-3-14-11(13)15(2)10-6-4-9(8-12)5-7-10/h4-7H,3H2,1-2H3,(H2,13,14). The molecule has 0 saturated heterocycles. The maximum absolute atomic E-state index is 8.65. The summed E-state index contributed by atoms with van der Waals surface area (Å²) < 4.78 is 0. The minimum Gasteiger partial charge on any atom is -0.370 e. The first kappa shape index (κ1) is 11.1. The molecule has 0 saturated carbocycles. The van der Waals surface area contributed by atoms with Crippen molar-refractivity contribution < 1.29 is 0 Å². The lowest BCUT2D eigenvalue weighted by molar-refractivity contribution is 1.09. The number of benzene rings is 1. The van der Waals surface area contributed by atoms with Gasteiger partial charge in [0, 0.05) is 19.3 Å². The molecular weight excluding hydrogens is 188 g/mol. The van der Waals surface area contributed by atoms with Crippen LogP contribution in [0.3, 0.4) is 0 Å². The molecule has 4 heteroatoms. The van der Waals surface area contributed by atoms with Crippen molar-refractivity contribution >= 4 is 11.6 Å².